The molecule has 0 spiro atoms. The first-order chi connectivity index (χ1) is 10.2. The lowest BCUT2D eigenvalue weighted by molar-refractivity contribution is -0.149. The number of hydrogen-bond donors (Lipinski definition) is 1. The van der Waals surface area contributed by atoms with Gasteiger partial charge in [-0.25, -0.2) is 0 Å². The molecule has 6 nitrogen and oxygen atoms in total. The molecule has 2 fully saturated rings. The molecule has 1 N–H and O–H groups in total. The second kappa shape index (κ2) is 7.75. The van der Waals surface area contributed by atoms with Crippen LogP contribution in [0, 0.1) is 11.8 Å². The summed E-state index contributed by atoms with van der Waals surface area (Å²) in [6.45, 7) is 5.39. The van der Waals surface area contributed by atoms with E-state index in [0.29, 0.717) is 39.1 Å². The molecule has 2 aliphatic rings. The number of nitrogens with one attached hydrogen (secondary N) is 1. The van der Waals surface area contributed by atoms with Gasteiger partial charge in [-0.3, -0.25) is 9.59 Å². The molecule has 2 unspecified atom stereocenters. The van der Waals surface area contributed by atoms with Crippen LogP contribution < -0.4 is 5.32 Å². The predicted octanol–water partition coefficient (Wildman–Crippen LogP) is 0.413. The van der Waals surface area contributed by atoms with Gasteiger partial charge < -0.3 is 19.7 Å². The van der Waals surface area contributed by atoms with Gasteiger partial charge in [0.15, 0.2) is 0 Å². The molecule has 0 aromatic heterocycles. The fourth-order valence-electron chi connectivity index (χ4n) is 3.07. The van der Waals surface area contributed by atoms with Gasteiger partial charge >= 0.3 is 5.97 Å². The molecule has 0 radical (unpaired) electrons. The Morgan fingerprint density at radius 2 is 2.00 bits per heavy atom. The fraction of sp³-hybridized carbons (Fsp3) is 0.867. The normalized spacial score (nSPS) is 26.9. The zero-order valence-electron chi connectivity index (χ0n) is 13.0. The molecular formula is C15H26N2O4. The summed E-state index contributed by atoms with van der Waals surface area (Å²) in [5.74, 6) is -0.155. The first-order valence-corrected chi connectivity index (χ1v) is 7.85. The number of carbonyl (C=O) groups excluding carboxylic acids is 2. The van der Waals surface area contributed by atoms with Crippen LogP contribution in [-0.2, 0) is 19.1 Å². The fourth-order valence-corrected chi connectivity index (χ4v) is 3.07. The highest BCUT2D eigenvalue weighted by Gasteiger charge is 2.38. The summed E-state index contributed by atoms with van der Waals surface area (Å²) in [6, 6.07) is 0.121. The Morgan fingerprint density at radius 3 is 2.62 bits per heavy atom. The van der Waals surface area contributed by atoms with Gasteiger partial charge in [0, 0.05) is 19.1 Å². The average Bonchev–Trinajstić information content (AvgIpc) is 3.00. The van der Waals surface area contributed by atoms with Crippen molar-refractivity contribution >= 4 is 11.9 Å². The van der Waals surface area contributed by atoms with Gasteiger partial charge in [0.2, 0.25) is 5.91 Å². The van der Waals surface area contributed by atoms with Crippen molar-refractivity contribution in [3.05, 3.63) is 0 Å². The number of methoxy groups -OCH3 is 1. The molecule has 0 bridgehead atoms. The number of hydrogen-bond acceptors (Lipinski definition) is 5. The summed E-state index contributed by atoms with van der Waals surface area (Å²) in [6.07, 6.45) is 2.43. The maximum Gasteiger partial charge on any atom is 0.308 e. The molecule has 0 aliphatic carbocycles. The van der Waals surface area contributed by atoms with Gasteiger partial charge in [-0.2, -0.15) is 0 Å². The second-order valence-corrected chi connectivity index (χ2v) is 5.83. The summed E-state index contributed by atoms with van der Waals surface area (Å²) in [5.41, 5.74) is 0. The van der Waals surface area contributed by atoms with E-state index in [0.717, 1.165) is 13.0 Å². The van der Waals surface area contributed by atoms with Crippen LogP contribution in [0.5, 0.6) is 0 Å². The summed E-state index contributed by atoms with van der Waals surface area (Å²) < 4.78 is 10.2. The molecule has 1 amide bonds. The summed E-state index contributed by atoms with van der Waals surface area (Å²) in [7, 11) is 1.42. The SMILES string of the molecule is CCCNC1COCC1C(=O)N1CCC(C(=O)OC)CC1. The monoisotopic (exact) mass is 298 g/mol. The van der Waals surface area contributed by atoms with Crippen LogP contribution in [0.15, 0.2) is 0 Å². The van der Waals surface area contributed by atoms with E-state index in [2.05, 4.69) is 12.2 Å². The molecular weight excluding hydrogens is 272 g/mol. The van der Waals surface area contributed by atoms with Crippen molar-refractivity contribution in [1.29, 1.82) is 0 Å². The lowest BCUT2D eigenvalue weighted by atomic mass is 9.94. The minimum atomic E-state index is -0.159. The Morgan fingerprint density at radius 1 is 1.29 bits per heavy atom. The molecule has 120 valence electrons. The first-order valence-electron chi connectivity index (χ1n) is 7.85. The molecule has 2 heterocycles. The topological polar surface area (TPSA) is 67.9 Å². The maximum absolute atomic E-state index is 12.6. The third-order valence-electron chi connectivity index (χ3n) is 4.40. The zero-order chi connectivity index (χ0) is 15.2. The van der Waals surface area contributed by atoms with Gasteiger partial charge in [-0.05, 0) is 25.8 Å². The molecule has 6 heteroatoms. The Labute approximate surface area is 126 Å². The van der Waals surface area contributed by atoms with Gasteiger partial charge in [-0.15, -0.1) is 0 Å². The van der Waals surface area contributed by atoms with Crippen LogP contribution in [0.4, 0.5) is 0 Å². The highest BCUT2D eigenvalue weighted by Crippen LogP contribution is 2.23. The summed E-state index contributed by atoms with van der Waals surface area (Å²) >= 11 is 0. The van der Waals surface area contributed by atoms with E-state index < -0.39 is 0 Å². The highest BCUT2D eigenvalue weighted by atomic mass is 16.5. The van der Waals surface area contributed by atoms with E-state index in [1.54, 1.807) is 0 Å². The lowest BCUT2D eigenvalue weighted by Gasteiger charge is -2.33. The van der Waals surface area contributed by atoms with Gasteiger partial charge in [0.05, 0.1) is 32.2 Å². The van der Waals surface area contributed by atoms with Gasteiger partial charge in [0.25, 0.3) is 0 Å². The van der Waals surface area contributed by atoms with Crippen molar-refractivity contribution < 1.29 is 19.1 Å². The second-order valence-electron chi connectivity index (χ2n) is 5.83. The number of esters is 1. The Balaban J connectivity index is 1.85. The highest BCUT2D eigenvalue weighted by molar-refractivity contribution is 5.80. The van der Waals surface area contributed by atoms with E-state index >= 15 is 0 Å². The number of carbonyl (C=O) groups is 2. The number of amides is 1. The van der Waals surface area contributed by atoms with Crippen LogP contribution in [0.2, 0.25) is 0 Å². The Bertz CT molecular complexity index is 367. The van der Waals surface area contributed by atoms with E-state index in [9.17, 15) is 9.59 Å². The van der Waals surface area contributed by atoms with Crippen molar-refractivity contribution in [2.24, 2.45) is 11.8 Å². The van der Waals surface area contributed by atoms with Crippen LogP contribution in [0.3, 0.4) is 0 Å². The molecule has 0 aromatic carbocycles. The number of rotatable bonds is 5. The van der Waals surface area contributed by atoms with Crippen molar-refractivity contribution in [2.45, 2.75) is 32.2 Å². The molecule has 2 atom stereocenters. The van der Waals surface area contributed by atoms with Gasteiger partial charge in [-0.1, -0.05) is 6.92 Å². The predicted molar refractivity (Wildman–Crippen MR) is 77.7 cm³/mol. The van der Waals surface area contributed by atoms with Crippen molar-refractivity contribution in [3.63, 3.8) is 0 Å². The van der Waals surface area contributed by atoms with Crippen molar-refractivity contribution in [2.75, 3.05) is 40.0 Å². The van der Waals surface area contributed by atoms with Crippen molar-refractivity contribution in [1.82, 2.24) is 10.2 Å². The molecule has 2 rings (SSSR count). The molecule has 2 aliphatic heterocycles. The quantitative estimate of drug-likeness (QED) is 0.745. The zero-order valence-corrected chi connectivity index (χ0v) is 13.0. The number of likely N-dealkylation sites (tertiary alicyclic amines) is 1. The molecule has 21 heavy (non-hydrogen) atoms. The maximum atomic E-state index is 12.6. The third-order valence-corrected chi connectivity index (χ3v) is 4.40. The van der Waals surface area contributed by atoms with Crippen LogP contribution >= 0.6 is 0 Å². The number of piperidine rings is 1. The van der Waals surface area contributed by atoms with E-state index in [4.69, 9.17) is 9.47 Å². The van der Waals surface area contributed by atoms with E-state index in [-0.39, 0.29) is 29.8 Å². The van der Waals surface area contributed by atoms with Crippen LogP contribution in [0.25, 0.3) is 0 Å². The van der Waals surface area contributed by atoms with E-state index in [1.807, 2.05) is 4.90 Å². The van der Waals surface area contributed by atoms with Crippen LogP contribution in [0.1, 0.15) is 26.2 Å². The lowest BCUT2D eigenvalue weighted by Crippen LogP contribution is -2.48. The van der Waals surface area contributed by atoms with Gasteiger partial charge in [0.1, 0.15) is 0 Å². The average molecular weight is 298 g/mol. The minimum absolute atomic E-state index is 0.0621. The Kier molecular flexibility index (Phi) is 5.99. The smallest absolute Gasteiger partial charge is 0.308 e. The molecule has 0 saturated carbocycles. The summed E-state index contributed by atoms with van der Waals surface area (Å²) in [5, 5.41) is 3.39. The number of nitrogens with zero attached hydrogens (tertiary/aromatic N) is 1. The minimum Gasteiger partial charge on any atom is -0.469 e. The summed E-state index contributed by atoms with van der Waals surface area (Å²) in [4.78, 5) is 26.0. The number of ether oxygens (including phenoxy) is 2. The Hall–Kier alpha value is -1.14. The molecule has 2 saturated heterocycles. The standard InChI is InChI=1S/C15H26N2O4/c1-3-6-16-13-10-21-9-12(13)14(18)17-7-4-11(5-8-17)15(19)20-2/h11-13,16H,3-10H2,1-2H3. The van der Waals surface area contributed by atoms with Crippen molar-refractivity contribution in [3.8, 4) is 0 Å². The largest absolute Gasteiger partial charge is 0.469 e. The van der Waals surface area contributed by atoms with Crippen LogP contribution in [-0.4, -0.2) is 62.8 Å². The molecule has 0 aromatic rings. The first kappa shape index (κ1) is 16.2. The van der Waals surface area contributed by atoms with E-state index in [1.165, 1.54) is 7.11 Å². The third kappa shape index (κ3) is 3.95.